The molecular formula is C34H37N5O7. The maximum Gasteiger partial charge on any atom is 0.326 e. The summed E-state index contributed by atoms with van der Waals surface area (Å²) in [6.07, 6.45) is 3.32. The number of rotatable bonds is 13. The van der Waals surface area contributed by atoms with Crippen molar-refractivity contribution in [2.24, 2.45) is 0 Å². The molecule has 4 aromatic rings. The first-order valence-corrected chi connectivity index (χ1v) is 15.1. The van der Waals surface area contributed by atoms with Gasteiger partial charge in [-0.15, -0.1) is 0 Å². The third kappa shape index (κ3) is 8.21. The van der Waals surface area contributed by atoms with Gasteiger partial charge in [0, 0.05) is 36.4 Å². The molecule has 4 unspecified atom stereocenters. The second-order valence-electron chi connectivity index (χ2n) is 11.5. The summed E-state index contributed by atoms with van der Waals surface area (Å²) >= 11 is 0. The molecule has 5 rings (SSSR count). The first-order valence-electron chi connectivity index (χ1n) is 15.1. The second kappa shape index (κ2) is 14.6. The molecule has 1 fully saturated rings. The number of fused-ring (bicyclic) bond motifs is 1. The van der Waals surface area contributed by atoms with Crippen LogP contribution in [0.2, 0.25) is 0 Å². The Morgan fingerprint density at radius 1 is 0.739 bits per heavy atom. The zero-order valence-electron chi connectivity index (χ0n) is 25.0. The number of carbonyl (C=O) groups is 4. The molecule has 2 heterocycles. The minimum atomic E-state index is -1.33. The molecule has 0 aliphatic carbocycles. The number of aliphatic carboxylic acids is 1. The SMILES string of the molecule is O=C(O)C(Cc1ccc(O)cc1)NC(=O)C(Cc1ccc(O)cc1)NC(=O)C(Cc1c[nH]c2ccccc12)NC(=O)C1CCCN1. The van der Waals surface area contributed by atoms with Crippen molar-refractivity contribution in [3.8, 4) is 11.5 Å². The number of nitrogens with one attached hydrogen (secondary N) is 5. The highest BCUT2D eigenvalue weighted by Crippen LogP contribution is 2.20. The van der Waals surface area contributed by atoms with Crippen molar-refractivity contribution >= 4 is 34.6 Å². The number of aromatic nitrogens is 1. The fourth-order valence-electron chi connectivity index (χ4n) is 5.60. The van der Waals surface area contributed by atoms with Crippen LogP contribution >= 0.6 is 0 Å². The number of aromatic hydroxyl groups is 2. The van der Waals surface area contributed by atoms with Gasteiger partial charge in [-0.2, -0.15) is 0 Å². The van der Waals surface area contributed by atoms with Gasteiger partial charge in [-0.25, -0.2) is 4.79 Å². The number of carboxylic acids is 1. The lowest BCUT2D eigenvalue weighted by Crippen LogP contribution is -2.58. The highest BCUT2D eigenvalue weighted by Gasteiger charge is 2.32. The molecule has 240 valence electrons. The van der Waals surface area contributed by atoms with Gasteiger partial charge >= 0.3 is 5.97 Å². The number of amides is 3. The number of para-hydroxylation sites is 1. The van der Waals surface area contributed by atoms with Gasteiger partial charge < -0.3 is 41.6 Å². The van der Waals surface area contributed by atoms with Crippen LogP contribution in [0.15, 0.2) is 79.0 Å². The van der Waals surface area contributed by atoms with Crippen LogP contribution < -0.4 is 21.3 Å². The number of H-pyrrole nitrogens is 1. The van der Waals surface area contributed by atoms with Crippen LogP contribution in [0.25, 0.3) is 10.9 Å². The molecule has 3 aromatic carbocycles. The number of carbonyl (C=O) groups excluding carboxylic acids is 3. The smallest absolute Gasteiger partial charge is 0.326 e. The summed E-state index contributed by atoms with van der Waals surface area (Å²) in [5.41, 5.74) is 2.86. The van der Waals surface area contributed by atoms with Crippen LogP contribution in [0.1, 0.15) is 29.5 Å². The fraction of sp³-hybridized carbons (Fsp3) is 0.294. The first-order chi connectivity index (χ1) is 22.2. The van der Waals surface area contributed by atoms with Crippen molar-refractivity contribution in [2.75, 3.05) is 6.54 Å². The maximum absolute atomic E-state index is 13.9. The van der Waals surface area contributed by atoms with Crippen LogP contribution in [0.3, 0.4) is 0 Å². The molecule has 46 heavy (non-hydrogen) atoms. The molecule has 12 nitrogen and oxygen atoms in total. The van der Waals surface area contributed by atoms with E-state index in [2.05, 4.69) is 26.3 Å². The van der Waals surface area contributed by atoms with E-state index in [0.29, 0.717) is 24.1 Å². The summed E-state index contributed by atoms with van der Waals surface area (Å²) < 4.78 is 0. The van der Waals surface area contributed by atoms with Crippen LogP contribution in [0.5, 0.6) is 11.5 Å². The molecule has 1 aliphatic rings. The van der Waals surface area contributed by atoms with E-state index in [-0.39, 0.29) is 36.7 Å². The van der Waals surface area contributed by atoms with E-state index >= 15 is 0 Å². The van der Waals surface area contributed by atoms with Gasteiger partial charge in [0.15, 0.2) is 0 Å². The minimum Gasteiger partial charge on any atom is -0.508 e. The quantitative estimate of drug-likeness (QED) is 0.110. The van der Waals surface area contributed by atoms with Crippen LogP contribution in [0, 0.1) is 0 Å². The Morgan fingerprint density at radius 2 is 1.30 bits per heavy atom. The monoisotopic (exact) mass is 627 g/mol. The maximum atomic E-state index is 13.9. The van der Waals surface area contributed by atoms with Crippen molar-refractivity contribution in [3.63, 3.8) is 0 Å². The summed E-state index contributed by atoms with van der Waals surface area (Å²) in [6.45, 7) is 0.696. The lowest BCUT2D eigenvalue weighted by atomic mass is 10.0. The Hall–Kier alpha value is -5.36. The van der Waals surface area contributed by atoms with E-state index in [1.54, 1.807) is 30.5 Å². The first kappa shape index (κ1) is 32.0. The number of phenolic OH excluding ortho intramolecular Hbond substituents is 2. The van der Waals surface area contributed by atoms with Crippen LogP contribution in [-0.4, -0.2) is 74.7 Å². The highest BCUT2D eigenvalue weighted by atomic mass is 16.4. The van der Waals surface area contributed by atoms with Crippen LogP contribution in [0.4, 0.5) is 0 Å². The van der Waals surface area contributed by atoms with Gasteiger partial charge in [0.2, 0.25) is 17.7 Å². The second-order valence-corrected chi connectivity index (χ2v) is 11.5. The van der Waals surface area contributed by atoms with Gasteiger partial charge in [-0.3, -0.25) is 14.4 Å². The summed E-state index contributed by atoms with van der Waals surface area (Å²) in [5, 5.41) is 41.4. The summed E-state index contributed by atoms with van der Waals surface area (Å²) in [7, 11) is 0. The molecule has 1 aromatic heterocycles. The Labute approximate surface area is 265 Å². The molecule has 0 spiro atoms. The average Bonchev–Trinajstić information content (AvgIpc) is 3.73. The van der Waals surface area contributed by atoms with Gasteiger partial charge in [0.25, 0.3) is 0 Å². The molecular weight excluding hydrogens is 590 g/mol. The topological polar surface area (TPSA) is 193 Å². The van der Waals surface area contributed by atoms with Gasteiger partial charge in [-0.05, 0) is 66.4 Å². The van der Waals surface area contributed by atoms with Crippen molar-refractivity contribution in [3.05, 3.63) is 95.7 Å². The highest BCUT2D eigenvalue weighted by molar-refractivity contribution is 5.95. The number of hydrogen-bond acceptors (Lipinski definition) is 7. The fourth-order valence-corrected chi connectivity index (χ4v) is 5.60. The molecule has 12 heteroatoms. The molecule has 4 atom stereocenters. The van der Waals surface area contributed by atoms with E-state index in [1.165, 1.54) is 24.3 Å². The van der Waals surface area contributed by atoms with E-state index in [9.17, 15) is 34.5 Å². The third-order valence-corrected chi connectivity index (χ3v) is 8.11. The summed E-state index contributed by atoms with van der Waals surface area (Å²) in [6, 6.07) is 15.6. The predicted octanol–water partition coefficient (Wildman–Crippen LogP) is 1.90. The number of hydrogen-bond donors (Lipinski definition) is 8. The van der Waals surface area contributed by atoms with Crippen molar-refractivity contribution in [1.82, 2.24) is 26.3 Å². The average molecular weight is 628 g/mol. The molecule has 3 amide bonds. The number of carboxylic acid groups (broad SMARTS) is 1. The zero-order chi connectivity index (χ0) is 32.6. The molecule has 8 N–H and O–H groups in total. The standard InChI is InChI=1S/C34H37N5O7/c40-23-11-7-20(8-12-23)16-28(32(43)39-30(34(45)46)17-21-9-13-24(41)14-10-21)37-33(44)29(38-31(42)27-6-3-15-35-27)18-22-19-36-26-5-2-1-4-25(22)26/h1-2,4-5,7-14,19,27-30,35-36,40-41H,3,6,15-18H2,(H,37,44)(H,38,42)(H,39,43)(H,45,46). The summed E-state index contributed by atoms with van der Waals surface area (Å²) in [5.74, 6) is -2.89. The number of aromatic amines is 1. The Bertz CT molecular complexity index is 1680. The number of phenols is 2. The summed E-state index contributed by atoms with van der Waals surface area (Å²) in [4.78, 5) is 56.1. The zero-order valence-corrected chi connectivity index (χ0v) is 25.0. The Kier molecular flexibility index (Phi) is 10.2. The van der Waals surface area contributed by atoms with Crippen LogP contribution in [-0.2, 0) is 38.4 Å². The minimum absolute atomic E-state index is 0.0126. The molecule has 0 bridgehead atoms. The molecule has 1 saturated heterocycles. The van der Waals surface area contributed by atoms with Gasteiger partial charge in [0.1, 0.15) is 29.6 Å². The Balaban J connectivity index is 1.39. The van der Waals surface area contributed by atoms with Gasteiger partial charge in [-0.1, -0.05) is 42.5 Å². The lowest BCUT2D eigenvalue weighted by Gasteiger charge is -2.25. The van der Waals surface area contributed by atoms with Gasteiger partial charge in [0.05, 0.1) is 6.04 Å². The normalized spacial score (nSPS) is 16.3. The van der Waals surface area contributed by atoms with Crippen molar-refractivity contribution in [1.29, 1.82) is 0 Å². The molecule has 0 radical (unpaired) electrons. The lowest BCUT2D eigenvalue weighted by molar-refractivity contribution is -0.142. The number of benzene rings is 3. The van der Waals surface area contributed by atoms with E-state index in [0.717, 1.165) is 22.9 Å². The van der Waals surface area contributed by atoms with E-state index in [1.807, 2.05) is 24.3 Å². The predicted molar refractivity (Wildman–Crippen MR) is 170 cm³/mol. The van der Waals surface area contributed by atoms with E-state index in [4.69, 9.17) is 0 Å². The van der Waals surface area contributed by atoms with Crippen molar-refractivity contribution in [2.45, 2.75) is 56.3 Å². The molecule has 1 aliphatic heterocycles. The third-order valence-electron chi connectivity index (χ3n) is 8.11. The van der Waals surface area contributed by atoms with Crippen molar-refractivity contribution < 1.29 is 34.5 Å². The van der Waals surface area contributed by atoms with E-state index < -0.39 is 42.0 Å². The Morgan fingerprint density at radius 3 is 1.89 bits per heavy atom. The molecule has 0 saturated carbocycles. The largest absolute Gasteiger partial charge is 0.508 e.